The highest BCUT2D eigenvalue weighted by atomic mass is 79.9. The molecule has 8 heteroatoms. The molecule has 3 aliphatic heterocycles. The van der Waals surface area contributed by atoms with Gasteiger partial charge in [0.05, 0.1) is 17.6 Å². The predicted molar refractivity (Wildman–Crippen MR) is 136 cm³/mol. The van der Waals surface area contributed by atoms with E-state index in [0.29, 0.717) is 19.1 Å². The van der Waals surface area contributed by atoms with Gasteiger partial charge in [-0.05, 0) is 66.2 Å². The first-order valence-corrected chi connectivity index (χ1v) is 13.2. The van der Waals surface area contributed by atoms with Crippen LogP contribution < -0.4 is 14.2 Å². The molecular weight excluding hydrogens is 512 g/mol. The zero-order valence-electron chi connectivity index (χ0n) is 20.2. The van der Waals surface area contributed by atoms with Gasteiger partial charge in [-0.3, -0.25) is 4.90 Å². The van der Waals surface area contributed by atoms with Gasteiger partial charge in [0.2, 0.25) is 0 Å². The van der Waals surface area contributed by atoms with Crippen molar-refractivity contribution in [2.45, 2.75) is 37.8 Å². The van der Waals surface area contributed by atoms with Crippen molar-refractivity contribution in [3.8, 4) is 17.2 Å². The minimum atomic E-state index is -0.165. The van der Waals surface area contributed by atoms with Crippen molar-refractivity contribution in [2.75, 3.05) is 46.5 Å². The zero-order valence-corrected chi connectivity index (χ0v) is 21.7. The number of methoxy groups -OCH3 is 1. The second-order valence-corrected chi connectivity index (χ2v) is 10.5. The number of benzene rings is 2. The molecule has 0 radical (unpaired) electrons. The Bertz CT molecular complexity index is 1010. The summed E-state index contributed by atoms with van der Waals surface area (Å²) in [7, 11) is 1.65. The molecule has 0 saturated carbocycles. The van der Waals surface area contributed by atoms with E-state index in [1.807, 2.05) is 35.2 Å². The summed E-state index contributed by atoms with van der Waals surface area (Å²) in [6, 6.07) is 14.3. The standard InChI is InChI=1S/C27H33BrN2O5/c1-32-24-15-26-25(14-23(24)28)33-18-22(35-26)16-29-10-7-19(8-11-29)9-12-30-21(17-34-27(30)31)13-20-5-3-2-4-6-20/h2-6,14-15,19,21-22H,7-13,16-18H2,1H3/t21-,22-/m0/s1. The molecule has 2 aromatic rings. The van der Waals surface area contributed by atoms with Gasteiger partial charge >= 0.3 is 6.09 Å². The van der Waals surface area contributed by atoms with Crippen LogP contribution >= 0.6 is 15.9 Å². The summed E-state index contributed by atoms with van der Waals surface area (Å²) >= 11 is 3.49. The van der Waals surface area contributed by atoms with Gasteiger partial charge in [-0.25, -0.2) is 4.79 Å². The van der Waals surface area contributed by atoms with E-state index in [9.17, 15) is 4.79 Å². The van der Waals surface area contributed by atoms with Crippen molar-refractivity contribution < 1.29 is 23.7 Å². The highest BCUT2D eigenvalue weighted by molar-refractivity contribution is 9.10. The molecule has 3 heterocycles. The van der Waals surface area contributed by atoms with E-state index in [2.05, 4.69) is 33.0 Å². The Morgan fingerprint density at radius 2 is 1.86 bits per heavy atom. The molecule has 1 amide bonds. The van der Waals surface area contributed by atoms with Crippen LogP contribution in [0.1, 0.15) is 24.8 Å². The molecule has 2 saturated heterocycles. The minimum Gasteiger partial charge on any atom is -0.495 e. The molecule has 188 valence electrons. The molecule has 2 atom stereocenters. The molecule has 0 N–H and O–H groups in total. The quantitative estimate of drug-likeness (QED) is 0.477. The van der Waals surface area contributed by atoms with Crippen LogP contribution in [-0.2, 0) is 11.2 Å². The predicted octanol–water partition coefficient (Wildman–Crippen LogP) is 4.76. The SMILES string of the molecule is COc1cc2c(cc1Br)OC[C@H](CN1CCC(CCN3C(=O)OC[C@@H]3Cc3ccccc3)CC1)O2. The van der Waals surface area contributed by atoms with E-state index in [1.54, 1.807) is 7.11 Å². The Hall–Kier alpha value is -2.45. The number of nitrogens with zero attached hydrogens (tertiary/aromatic N) is 2. The summed E-state index contributed by atoms with van der Waals surface area (Å²) in [6.45, 7) is 4.74. The molecule has 7 nitrogen and oxygen atoms in total. The fourth-order valence-corrected chi connectivity index (χ4v) is 5.73. The Labute approximate surface area is 215 Å². The Morgan fingerprint density at radius 1 is 1.06 bits per heavy atom. The molecule has 35 heavy (non-hydrogen) atoms. The summed E-state index contributed by atoms with van der Waals surface area (Å²) in [5.74, 6) is 2.85. The topological polar surface area (TPSA) is 60.5 Å². The number of ether oxygens (including phenoxy) is 4. The van der Waals surface area contributed by atoms with Crippen molar-refractivity contribution in [3.05, 3.63) is 52.5 Å². The van der Waals surface area contributed by atoms with Gasteiger partial charge in [0.15, 0.2) is 11.5 Å². The number of likely N-dealkylation sites (tertiary alicyclic amines) is 1. The summed E-state index contributed by atoms with van der Waals surface area (Å²) in [4.78, 5) is 16.7. The molecule has 0 bridgehead atoms. The third-order valence-corrected chi connectivity index (χ3v) is 7.89. The third-order valence-electron chi connectivity index (χ3n) is 7.27. The Kier molecular flexibility index (Phi) is 7.68. The average Bonchev–Trinajstić information content (AvgIpc) is 3.22. The van der Waals surface area contributed by atoms with Crippen molar-refractivity contribution in [2.24, 2.45) is 5.92 Å². The molecule has 2 fully saturated rings. The Balaban J connectivity index is 1.07. The summed E-state index contributed by atoms with van der Waals surface area (Å²) in [6.07, 6.45) is 3.98. The van der Waals surface area contributed by atoms with Crippen LogP contribution in [0.25, 0.3) is 0 Å². The first-order chi connectivity index (χ1) is 17.1. The number of cyclic esters (lactones) is 1. The summed E-state index contributed by atoms with van der Waals surface area (Å²) < 4.78 is 23.8. The smallest absolute Gasteiger partial charge is 0.410 e. The fraction of sp³-hybridized carbons (Fsp3) is 0.519. The lowest BCUT2D eigenvalue weighted by atomic mass is 9.93. The van der Waals surface area contributed by atoms with Gasteiger partial charge < -0.3 is 23.8 Å². The van der Waals surface area contributed by atoms with Crippen molar-refractivity contribution >= 4 is 22.0 Å². The maximum atomic E-state index is 12.3. The molecule has 2 aromatic carbocycles. The number of fused-ring (bicyclic) bond motifs is 1. The maximum Gasteiger partial charge on any atom is 0.410 e. The van der Waals surface area contributed by atoms with Gasteiger partial charge in [0, 0.05) is 25.2 Å². The van der Waals surface area contributed by atoms with Crippen molar-refractivity contribution in [1.29, 1.82) is 0 Å². The van der Waals surface area contributed by atoms with Crippen molar-refractivity contribution in [3.63, 3.8) is 0 Å². The van der Waals surface area contributed by atoms with Crippen LogP contribution in [0, 0.1) is 5.92 Å². The normalized spacial score (nSPS) is 22.8. The molecule has 0 aromatic heterocycles. The highest BCUT2D eigenvalue weighted by Crippen LogP contribution is 2.40. The van der Waals surface area contributed by atoms with Gasteiger partial charge in [-0.15, -0.1) is 0 Å². The number of hydrogen-bond acceptors (Lipinski definition) is 6. The minimum absolute atomic E-state index is 0.00282. The van der Waals surface area contributed by atoms with Crippen molar-refractivity contribution in [1.82, 2.24) is 9.80 Å². The fourth-order valence-electron chi connectivity index (χ4n) is 5.25. The summed E-state index contributed by atoms with van der Waals surface area (Å²) in [5.41, 5.74) is 1.25. The Morgan fingerprint density at radius 3 is 2.63 bits per heavy atom. The van der Waals surface area contributed by atoms with Crippen LogP contribution in [0.15, 0.2) is 46.9 Å². The van der Waals surface area contributed by atoms with Crippen LogP contribution in [0.5, 0.6) is 17.2 Å². The number of carbonyl (C=O) groups is 1. The molecule has 3 aliphatic rings. The molecular formula is C27H33BrN2O5. The second-order valence-electron chi connectivity index (χ2n) is 9.63. The van der Waals surface area contributed by atoms with E-state index >= 15 is 0 Å². The molecule has 0 unspecified atom stereocenters. The van der Waals surface area contributed by atoms with E-state index in [0.717, 1.165) is 73.6 Å². The lowest BCUT2D eigenvalue weighted by Gasteiger charge is -2.36. The van der Waals surface area contributed by atoms with Crippen LogP contribution in [0.2, 0.25) is 0 Å². The zero-order chi connectivity index (χ0) is 24.2. The lowest BCUT2D eigenvalue weighted by molar-refractivity contribution is 0.0463. The summed E-state index contributed by atoms with van der Waals surface area (Å²) in [5, 5.41) is 0. The van der Waals surface area contributed by atoms with Gasteiger partial charge in [0.1, 0.15) is 25.1 Å². The molecule has 5 rings (SSSR count). The monoisotopic (exact) mass is 544 g/mol. The van der Waals surface area contributed by atoms with E-state index in [4.69, 9.17) is 18.9 Å². The first kappa shape index (κ1) is 24.3. The van der Waals surface area contributed by atoms with Crippen LogP contribution in [0.3, 0.4) is 0 Å². The lowest BCUT2D eigenvalue weighted by Crippen LogP contribution is -2.44. The van der Waals surface area contributed by atoms with E-state index in [-0.39, 0.29) is 18.2 Å². The largest absolute Gasteiger partial charge is 0.495 e. The third kappa shape index (κ3) is 5.86. The number of piperidine rings is 1. The highest BCUT2D eigenvalue weighted by Gasteiger charge is 2.34. The number of rotatable bonds is 8. The molecule has 0 spiro atoms. The van der Waals surface area contributed by atoms with Gasteiger partial charge in [-0.2, -0.15) is 0 Å². The number of amides is 1. The van der Waals surface area contributed by atoms with Gasteiger partial charge in [0.25, 0.3) is 0 Å². The first-order valence-electron chi connectivity index (χ1n) is 12.5. The number of halogens is 1. The number of hydrogen-bond donors (Lipinski definition) is 0. The molecule has 0 aliphatic carbocycles. The maximum absolute atomic E-state index is 12.3. The second kappa shape index (κ2) is 11.1. The number of carbonyl (C=O) groups excluding carboxylic acids is 1. The van der Waals surface area contributed by atoms with E-state index in [1.165, 1.54) is 5.56 Å². The van der Waals surface area contributed by atoms with Crippen LogP contribution in [0.4, 0.5) is 4.79 Å². The van der Waals surface area contributed by atoms with Crippen LogP contribution in [-0.4, -0.2) is 74.5 Å². The van der Waals surface area contributed by atoms with E-state index < -0.39 is 0 Å². The van der Waals surface area contributed by atoms with Gasteiger partial charge in [-0.1, -0.05) is 30.3 Å². The average molecular weight is 545 g/mol.